The van der Waals surface area contributed by atoms with E-state index >= 15 is 0 Å². The predicted molar refractivity (Wildman–Crippen MR) is 171 cm³/mol. The Labute approximate surface area is 243 Å². The highest BCUT2D eigenvalue weighted by Crippen LogP contribution is 2.44. The van der Waals surface area contributed by atoms with E-state index in [1.807, 2.05) is 47.7 Å². The number of aromatic nitrogens is 6. The molecule has 9 rings (SSSR count). The summed E-state index contributed by atoms with van der Waals surface area (Å²) in [6.07, 6.45) is 7.12. The molecule has 0 aliphatic rings. The number of fused-ring (bicyclic) bond motifs is 9. The van der Waals surface area contributed by atoms with Crippen LogP contribution in [0.4, 0.5) is 0 Å². The van der Waals surface area contributed by atoms with Crippen molar-refractivity contribution in [2.24, 2.45) is 0 Å². The molecule has 0 atom stereocenters. The van der Waals surface area contributed by atoms with Crippen LogP contribution in [0.5, 0.6) is 0 Å². The average molecular weight is 557 g/mol. The Balaban J connectivity index is 1.48. The molecule has 196 valence electrons. The van der Waals surface area contributed by atoms with E-state index in [0.717, 1.165) is 61.3 Å². The molecule has 0 N–H and O–H groups in total. The lowest BCUT2D eigenvalue weighted by atomic mass is 10.1. The topological polar surface area (TPSA) is 69.4 Å². The Bertz CT molecular complexity index is 2410. The number of thiophene rings is 1. The van der Waals surface area contributed by atoms with Gasteiger partial charge in [0.15, 0.2) is 0 Å². The second-order valence-corrected chi connectivity index (χ2v) is 11.2. The highest BCUT2D eigenvalue weighted by atomic mass is 32.1. The normalized spacial score (nSPS) is 11.8. The van der Waals surface area contributed by atoms with Gasteiger partial charge in [-0.05, 0) is 54.6 Å². The van der Waals surface area contributed by atoms with Crippen LogP contribution in [0.15, 0.2) is 122 Å². The van der Waals surface area contributed by atoms with Crippen LogP contribution in [-0.4, -0.2) is 29.5 Å². The molecule has 0 aliphatic heterocycles. The van der Waals surface area contributed by atoms with E-state index in [1.165, 1.54) is 20.2 Å². The number of hydrogen-bond acceptors (Lipinski definition) is 6. The molecule has 0 radical (unpaired) electrons. The molecule has 7 heteroatoms. The summed E-state index contributed by atoms with van der Waals surface area (Å²) < 4.78 is 4.86. The van der Waals surface area contributed by atoms with Crippen LogP contribution < -0.4 is 0 Å². The minimum atomic E-state index is 0.785. The van der Waals surface area contributed by atoms with E-state index in [-0.39, 0.29) is 0 Å². The molecule has 9 aromatic rings. The van der Waals surface area contributed by atoms with Crippen LogP contribution >= 0.6 is 11.3 Å². The van der Waals surface area contributed by atoms with E-state index in [1.54, 1.807) is 24.8 Å². The maximum Gasteiger partial charge on any atom is 0.0986 e. The van der Waals surface area contributed by atoms with E-state index in [4.69, 9.17) is 9.97 Å². The molecule has 0 saturated carbocycles. The standard InChI is InChI=1S/C35H20N6S/c1-2-10-31-22(7-1)23-11-12-24-32-30(14-13-27-33(32)39-18-17-38-27)41(34(24)35(23)42-31)21-19-28(25-8-3-5-15-36-25)40-29(20-21)26-9-4-6-16-37-26/h1-20H. The molecule has 3 aromatic carbocycles. The van der Waals surface area contributed by atoms with Crippen molar-refractivity contribution in [1.29, 1.82) is 0 Å². The van der Waals surface area contributed by atoms with Gasteiger partial charge in [-0.3, -0.25) is 19.9 Å². The summed E-state index contributed by atoms with van der Waals surface area (Å²) in [7, 11) is 0. The van der Waals surface area contributed by atoms with Gasteiger partial charge < -0.3 is 4.57 Å². The molecule has 0 saturated heterocycles. The minimum absolute atomic E-state index is 0.785. The lowest BCUT2D eigenvalue weighted by molar-refractivity contribution is 1.15. The molecule has 0 unspecified atom stereocenters. The molecule has 0 amide bonds. The Morgan fingerprint density at radius 3 is 2.02 bits per heavy atom. The minimum Gasteiger partial charge on any atom is -0.308 e. The van der Waals surface area contributed by atoms with E-state index in [0.29, 0.717) is 0 Å². The van der Waals surface area contributed by atoms with Crippen molar-refractivity contribution in [3.05, 3.63) is 122 Å². The summed E-state index contributed by atoms with van der Waals surface area (Å²) in [6.45, 7) is 0. The smallest absolute Gasteiger partial charge is 0.0986 e. The van der Waals surface area contributed by atoms with Crippen molar-refractivity contribution in [1.82, 2.24) is 29.5 Å². The van der Waals surface area contributed by atoms with Gasteiger partial charge in [0.05, 0.1) is 55.2 Å². The predicted octanol–water partition coefficient (Wildman–Crippen LogP) is 8.61. The van der Waals surface area contributed by atoms with Crippen LogP contribution in [0.1, 0.15) is 0 Å². The van der Waals surface area contributed by atoms with E-state index < -0.39 is 0 Å². The molecule has 0 bridgehead atoms. The van der Waals surface area contributed by atoms with Gasteiger partial charge in [-0.25, -0.2) is 4.98 Å². The molecule has 0 aliphatic carbocycles. The second kappa shape index (κ2) is 8.99. The number of pyridine rings is 3. The maximum atomic E-state index is 5.03. The zero-order chi connectivity index (χ0) is 27.6. The fourth-order valence-corrected chi connectivity index (χ4v) is 7.24. The Morgan fingerprint density at radius 2 is 1.26 bits per heavy atom. The van der Waals surface area contributed by atoms with Crippen LogP contribution in [0.3, 0.4) is 0 Å². The summed E-state index contributed by atoms with van der Waals surface area (Å²) >= 11 is 1.82. The number of rotatable bonds is 3. The first-order valence-electron chi connectivity index (χ1n) is 13.7. The SMILES string of the molecule is c1ccc(-c2cc(-n3c4ccc5nccnc5c4c4ccc5c6ccccc6sc5c43)cc(-c3ccccn3)n2)nc1. The van der Waals surface area contributed by atoms with Crippen LogP contribution in [0, 0.1) is 0 Å². The van der Waals surface area contributed by atoms with Gasteiger partial charge in [0, 0.05) is 51.0 Å². The molecular formula is C35H20N6S. The number of benzene rings is 3. The fourth-order valence-electron chi connectivity index (χ4n) is 6.00. The van der Waals surface area contributed by atoms with Crippen LogP contribution in [-0.2, 0) is 0 Å². The van der Waals surface area contributed by atoms with E-state index in [2.05, 4.69) is 80.2 Å². The average Bonchev–Trinajstić information content (AvgIpc) is 3.61. The summed E-state index contributed by atoms with van der Waals surface area (Å²) in [5.74, 6) is 0. The highest BCUT2D eigenvalue weighted by Gasteiger charge is 2.21. The molecule has 6 heterocycles. The third-order valence-electron chi connectivity index (χ3n) is 7.80. The van der Waals surface area contributed by atoms with Crippen molar-refractivity contribution in [3.8, 4) is 28.5 Å². The van der Waals surface area contributed by atoms with Gasteiger partial charge in [0.1, 0.15) is 0 Å². The lowest BCUT2D eigenvalue weighted by Crippen LogP contribution is -1.99. The quantitative estimate of drug-likeness (QED) is 0.218. The zero-order valence-electron chi connectivity index (χ0n) is 22.1. The van der Waals surface area contributed by atoms with Crippen molar-refractivity contribution in [2.75, 3.05) is 0 Å². The molecule has 6 nitrogen and oxygen atoms in total. The third-order valence-corrected chi connectivity index (χ3v) is 8.99. The summed E-state index contributed by atoms with van der Waals surface area (Å²) in [4.78, 5) is 23.8. The molecular weight excluding hydrogens is 536 g/mol. The first-order valence-corrected chi connectivity index (χ1v) is 14.5. The zero-order valence-corrected chi connectivity index (χ0v) is 23.0. The summed E-state index contributed by atoms with van der Waals surface area (Å²) in [5, 5.41) is 4.74. The fraction of sp³-hybridized carbons (Fsp3) is 0. The van der Waals surface area contributed by atoms with Gasteiger partial charge in [-0.15, -0.1) is 11.3 Å². The van der Waals surface area contributed by atoms with Gasteiger partial charge in [0.2, 0.25) is 0 Å². The lowest BCUT2D eigenvalue weighted by Gasteiger charge is -2.13. The van der Waals surface area contributed by atoms with Crippen molar-refractivity contribution in [2.45, 2.75) is 0 Å². The second-order valence-electron chi connectivity index (χ2n) is 10.2. The Morgan fingerprint density at radius 1 is 0.548 bits per heavy atom. The Hall–Kier alpha value is -5.53. The van der Waals surface area contributed by atoms with Gasteiger partial charge in [-0.2, -0.15) is 0 Å². The Kier molecular flexibility index (Phi) is 4.97. The van der Waals surface area contributed by atoms with Crippen molar-refractivity contribution >= 4 is 64.3 Å². The summed E-state index contributed by atoms with van der Waals surface area (Å²) in [6, 6.07) is 33.4. The van der Waals surface area contributed by atoms with Crippen LogP contribution in [0.25, 0.3) is 81.5 Å². The first-order chi connectivity index (χ1) is 20.8. The van der Waals surface area contributed by atoms with Gasteiger partial charge in [0.25, 0.3) is 0 Å². The highest BCUT2D eigenvalue weighted by molar-refractivity contribution is 7.26. The largest absolute Gasteiger partial charge is 0.308 e. The van der Waals surface area contributed by atoms with Crippen molar-refractivity contribution < 1.29 is 0 Å². The van der Waals surface area contributed by atoms with Gasteiger partial charge in [-0.1, -0.05) is 42.5 Å². The van der Waals surface area contributed by atoms with Gasteiger partial charge >= 0.3 is 0 Å². The van der Waals surface area contributed by atoms with E-state index in [9.17, 15) is 0 Å². The maximum absolute atomic E-state index is 5.03. The monoisotopic (exact) mass is 556 g/mol. The van der Waals surface area contributed by atoms with Crippen molar-refractivity contribution in [3.63, 3.8) is 0 Å². The number of hydrogen-bond donors (Lipinski definition) is 0. The molecule has 42 heavy (non-hydrogen) atoms. The third kappa shape index (κ3) is 3.41. The number of nitrogens with zero attached hydrogens (tertiary/aromatic N) is 6. The molecule has 0 spiro atoms. The first kappa shape index (κ1) is 23.2. The van der Waals surface area contributed by atoms with Crippen LogP contribution in [0.2, 0.25) is 0 Å². The summed E-state index contributed by atoms with van der Waals surface area (Å²) in [5.41, 5.74) is 8.14. The molecule has 6 aromatic heterocycles. The molecule has 0 fully saturated rings.